The van der Waals surface area contributed by atoms with Crippen LogP contribution in [0.4, 0.5) is 0 Å². The minimum Gasteiger partial charge on any atom is -0.360 e. The second-order valence-electron chi connectivity index (χ2n) is 5.25. The van der Waals surface area contributed by atoms with Crippen LogP contribution in [-0.4, -0.2) is 41.6 Å². The van der Waals surface area contributed by atoms with Crippen molar-refractivity contribution in [3.63, 3.8) is 0 Å². The molecule has 0 bridgehead atoms. The van der Waals surface area contributed by atoms with Gasteiger partial charge in [-0.3, -0.25) is 4.79 Å². The van der Waals surface area contributed by atoms with Crippen molar-refractivity contribution in [2.45, 2.75) is 51.0 Å². The minimum absolute atomic E-state index is 0.172. The zero-order valence-electron chi connectivity index (χ0n) is 10.9. The van der Waals surface area contributed by atoms with E-state index in [1.807, 2.05) is 4.90 Å². The molecule has 102 valence electrons. The maximum atomic E-state index is 11.9. The average molecular weight is 269 g/mol. The van der Waals surface area contributed by atoms with E-state index in [9.17, 15) is 4.79 Å². The fraction of sp³-hybridized carbons (Fsp3) is 0.846. The van der Waals surface area contributed by atoms with E-state index >= 15 is 0 Å². The Morgan fingerprint density at radius 3 is 2.44 bits per heavy atom. The van der Waals surface area contributed by atoms with Gasteiger partial charge in [-0.1, -0.05) is 12.8 Å². The third-order valence-electron chi connectivity index (χ3n) is 3.80. The standard InChI is InChI=1S/C13H23N3OS/c17-12(16-8-4-1-5-9-16)10-14-13(18)15-11-6-2-3-7-11/h11H,1-10H2,(H2,14,15,18). The smallest absolute Gasteiger partial charge is 0.241 e. The number of carbonyl (C=O) groups is 1. The predicted molar refractivity (Wildman–Crippen MR) is 76.4 cm³/mol. The molecule has 0 aromatic heterocycles. The molecule has 2 rings (SSSR count). The van der Waals surface area contributed by atoms with Crippen LogP contribution in [0, 0.1) is 0 Å². The number of likely N-dealkylation sites (tertiary alicyclic amines) is 1. The van der Waals surface area contributed by atoms with Crippen molar-refractivity contribution in [1.82, 2.24) is 15.5 Å². The Hall–Kier alpha value is -0.840. The summed E-state index contributed by atoms with van der Waals surface area (Å²) in [5.74, 6) is 0.172. The van der Waals surface area contributed by atoms with Crippen molar-refractivity contribution >= 4 is 23.2 Å². The van der Waals surface area contributed by atoms with Crippen LogP contribution in [0.15, 0.2) is 0 Å². The summed E-state index contributed by atoms with van der Waals surface area (Å²) < 4.78 is 0. The Morgan fingerprint density at radius 1 is 1.11 bits per heavy atom. The molecule has 0 atom stereocenters. The first-order valence-electron chi connectivity index (χ1n) is 7.08. The number of hydrogen-bond donors (Lipinski definition) is 2. The van der Waals surface area contributed by atoms with Gasteiger partial charge in [-0.25, -0.2) is 0 Å². The quantitative estimate of drug-likeness (QED) is 0.760. The van der Waals surface area contributed by atoms with E-state index in [0.29, 0.717) is 17.7 Å². The van der Waals surface area contributed by atoms with Gasteiger partial charge in [-0.05, 0) is 44.3 Å². The third kappa shape index (κ3) is 4.12. The van der Waals surface area contributed by atoms with Crippen molar-refractivity contribution in [2.75, 3.05) is 19.6 Å². The van der Waals surface area contributed by atoms with Crippen molar-refractivity contribution in [1.29, 1.82) is 0 Å². The second kappa shape index (κ2) is 6.92. The molecule has 2 N–H and O–H groups in total. The minimum atomic E-state index is 0.172. The first-order valence-corrected chi connectivity index (χ1v) is 7.48. The van der Waals surface area contributed by atoms with Gasteiger partial charge < -0.3 is 15.5 Å². The molecule has 2 aliphatic rings. The summed E-state index contributed by atoms with van der Waals surface area (Å²) >= 11 is 5.22. The number of amides is 1. The largest absolute Gasteiger partial charge is 0.360 e. The molecular formula is C13H23N3OS. The van der Waals surface area contributed by atoms with Gasteiger partial charge in [0, 0.05) is 19.1 Å². The van der Waals surface area contributed by atoms with Gasteiger partial charge >= 0.3 is 0 Å². The van der Waals surface area contributed by atoms with Gasteiger partial charge in [0.15, 0.2) is 5.11 Å². The van der Waals surface area contributed by atoms with Crippen LogP contribution in [-0.2, 0) is 4.79 Å². The topological polar surface area (TPSA) is 44.4 Å². The van der Waals surface area contributed by atoms with Gasteiger partial charge in [-0.15, -0.1) is 0 Å². The van der Waals surface area contributed by atoms with Gasteiger partial charge in [0.1, 0.15) is 0 Å². The molecule has 0 radical (unpaired) electrons. The van der Waals surface area contributed by atoms with Gasteiger partial charge in [0.25, 0.3) is 0 Å². The lowest BCUT2D eigenvalue weighted by Crippen LogP contribution is -2.46. The number of nitrogens with one attached hydrogen (secondary N) is 2. The molecular weight excluding hydrogens is 246 g/mol. The van der Waals surface area contributed by atoms with Crippen LogP contribution >= 0.6 is 12.2 Å². The third-order valence-corrected chi connectivity index (χ3v) is 4.06. The maximum Gasteiger partial charge on any atom is 0.241 e. The lowest BCUT2D eigenvalue weighted by atomic mass is 10.1. The molecule has 4 nitrogen and oxygen atoms in total. The van der Waals surface area contributed by atoms with Crippen molar-refractivity contribution < 1.29 is 4.79 Å². The van der Waals surface area contributed by atoms with Gasteiger partial charge in [0.2, 0.25) is 5.91 Å². The zero-order chi connectivity index (χ0) is 12.8. The molecule has 0 spiro atoms. The van der Waals surface area contributed by atoms with Crippen molar-refractivity contribution in [2.24, 2.45) is 0 Å². The molecule has 0 aromatic rings. The summed E-state index contributed by atoms with van der Waals surface area (Å²) in [7, 11) is 0. The highest BCUT2D eigenvalue weighted by Crippen LogP contribution is 2.17. The summed E-state index contributed by atoms with van der Waals surface area (Å²) in [4.78, 5) is 13.9. The highest BCUT2D eigenvalue weighted by molar-refractivity contribution is 7.80. The Labute approximate surface area is 114 Å². The molecule has 1 aliphatic carbocycles. The highest BCUT2D eigenvalue weighted by Gasteiger charge is 2.18. The molecule has 1 heterocycles. The van der Waals surface area contributed by atoms with E-state index in [1.54, 1.807) is 0 Å². The Bertz CT molecular complexity index is 297. The number of piperidine rings is 1. The summed E-state index contributed by atoms with van der Waals surface area (Å²) in [6.45, 7) is 2.14. The molecule has 1 saturated heterocycles. The molecule has 18 heavy (non-hydrogen) atoms. The molecule has 5 heteroatoms. The normalized spacial score (nSPS) is 20.8. The van der Waals surface area contributed by atoms with E-state index in [0.717, 1.165) is 25.9 Å². The lowest BCUT2D eigenvalue weighted by molar-refractivity contribution is -0.130. The van der Waals surface area contributed by atoms with E-state index < -0.39 is 0 Å². The van der Waals surface area contributed by atoms with Crippen molar-refractivity contribution in [3.8, 4) is 0 Å². The summed E-state index contributed by atoms with van der Waals surface area (Å²) in [6, 6.07) is 0.509. The fourth-order valence-electron chi connectivity index (χ4n) is 2.72. The second-order valence-corrected chi connectivity index (χ2v) is 5.66. The van der Waals surface area contributed by atoms with Crippen LogP contribution in [0.3, 0.4) is 0 Å². The van der Waals surface area contributed by atoms with E-state index in [-0.39, 0.29) is 5.91 Å². The number of thiocarbonyl (C=S) groups is 1. The maximum absolute atomic E-state index is 11.9. The first kappa shape index (κ1) is 13.6. The van der Waals surface area contributed by atoms with E-state index in [2.05, 4.69) is 10.6 Å². The summed E-state index contributed by atoms with van der Waals surface area (Å²) in [6.07, 6.45) is 8.48. The average Bonchev–Trinajstić information content (AvgIpc) is 2.90. The van der Waals surface area contributed by atoms with Crippen LogP contribution in [0.2, 0.25) is 0 Å². The SMILES string of the molecule is O=C(CNC(=S)NC1CCCC1)N1CCCCC1. The number of nitrogens with zero attached hydrogens (tertiary/aromatic N) is 1. The lowest BCUT2D eigenvalue weighted by Gasteiger charge is -2.27. The van der Waals surface area contributed by atoms with Crippen molar-refractivity contribution in [3.05, 3.63) is 0 Å². The van der Waals surface area contributed by atoms with Gasteiger partial charge in [0.05, 0.1) is 6.54 Å². The molecule has 2 fully saturated rings. The predicted octanol–water partition coefficient (Wildman–Crippen LogP) is 1.41. The van der Waals surface area contributed by atoms with E-state index in [4.69, 9.17) is 12.2 Å². The fourth-order valence-corrected chi connectivity index (χ4v) is 2.96. The number of hydrogen-bond acceptors (Lipinski definition) is 2. The molecule has 0 unspecified atom stereocenters. The van der Waals surface area contributed by atoms with E-state index in [1.165, 1.54) is 32.1 Å². The molecule has 1 amide bonds. The number of carbonyl (C=O) groups excluding carboxylic acids is 1. The Kier molecular flexibility index (Phi) is 5.23. The summed E-state index contributed by atoms with van der Waals surface area (Å²) in [5.41, 5.74) is 0. The van der Waals surface area contributed by atoms with Crippen LogP contribution in [0.1, 0.15) is 44.9 Å². The monoisotopic (exact) mass is 269 g/mol. The first-order chi connectivity index (χ1) is 8.75. The van der Waals surface area contributed by atoms with Crippen LogP contribution in [0.5, 0.6) is 0 Å². The van der Waals surface area contributed by atoms with Crippen LogP contribution < -0.4 is 10.6 Å². The molecule has 1 saturated carbocycles. The molecule has 0 aromatic carbocycles. The highest BCUT2D eigenvalue weighted by atomic mass is 32.1. The zero-order valence-corrected chi connectivity index (χ0v) is 11.7. The Balaban J connectivity index is 1.63. The Morgan fingerprint density at radius 2 is 1.78 bits per heavy atom. The summed E-state index contributed by atoms with van der Waals surface area (Å²) in [5, 5.41) is 6.95. The van der Waals surface area contributed by atoms with Crippen LogP contribution in [0.25, 0.3) is 0 Å². The van der Waals surface area contributed by atoms with Gasteiger partial charge in [-0.2, -0.15) is 0 Å². The number of rotatable bonds is 3. The molecule has 1 aliphatic heterocycles.